The molecule has 0 spiro atoms. The summed E-state index contributed by atoms with van der Waals surface area (Å²) in [4.78, 5) is 0.844. The topological polar surface area (TPSA) is 43.1 Å². The predicted octanol–water partition coefficient (Wildman–Crippen LogP) is 3.54. The molecule has 2 nitrogen and oxygen atoms in total. The molecule has 0 saturated carbocycles. The van der Waals surface area contributed by atoms with Gasteiger partial charge in [-0.3, -0.25) is 4.21 Å². The third-order valence-electron chi connectivity index (χ3n) is 2.70. The molecule has 0 aliphatic heterocycles. The van der Waals surface area contributed by atoms with E-state index in [9.17, 15) is 4.21 Å². The molecular formula is C14H14ClNOS. The number of hydrogen-bond donors (Lipinski definition) is 1. The fourth-order valence-electron chi connectivity index (χ4n) is 1.74. The summed E-state index contributed by atoms with van der Waals surface area (Å²) in [6.07, 6.45) is 0. The van der Waals surface area contributed by atoms with Crippen LogP contribution in [0.3, 0.4) is 0 Å². The van der Waals surface area contributed by atoms with Crippen molar-refractivity contribution in [3.63, 3.8) is 0 Å². The number of rotatable bonds is 3. The molecule has 2 aromatic carbocycles. The van der Waals surface area contributed by atoms with Gasteiger partial charge in [0.25, 0.3) is 0 Å². The molecule has 2 aromatic rings. The Kier molecular flexibility index (Phi) is 4.04. The average Bonchev–Trinajstić information content (AvgIpc) is 2.34. The van der Waals surface area contributed by atoms with Gasteiger partial charge in [-0.15, -0.1) is 0 Å². The van der Waals surface area contributed by atoms with Crippen LogP contribution < -0.4 is 5.73 Å². The van der Waals surface area contributed by atoms with E-state index in [2.05, 4.69) is 0 Å². The van der Waals surface area contributed by atoms with Gasteiger partial charge in [0, 0.05) is 15.6 Å². The molecule has 1 unspecified atom stereocenters. The highest BCUT2D eigenvalue weighted by atomic mass is 35.5. The zero-order valence-electron chi connectivity index (χ0n) is 10.0. The van der Waals surface area contributed by atoms with Gasteiger partial charge in [-0.25, -0.2) is 0 Å². The van der Waals surface area contributed by atoms with Crippen LogP contribution in [0.1, 0.15) is 11.1 Å². The number of anilines is 1. The molecule has 0 saturated heterocycles. The smallest absolute Gasteiger partial charge is 0.0577 e. The minimum absolute atomic E-state index is 0.384. The van der Waals surface area contributed by atoms with Crippen LogP contribution in [0.15, 0.2) is 47.4 Å². The lowest BCUT2D eigenvalue weighted by Gasteiger charge is -2.08. The summed E-state index contributed by atoms with van der Waals surface area (Å²) in [6, 6.07) is 12.9. The number of nitrogen functional groups attached to an aromatic ring is 1. The van der Waals surface area contributed by atoms with E-state index in [1.165, 1.54) is 0 Å². The van der Waals surface area contributed by atoms with Crippen LogP contribution in [-0.2, 0) is 16.6 Å². The average molecular weight is 280 g/mol. The molecule has 0 radical (unpaired) electrons. The number of hydrogen-bond acceptors (Lipinski definition) is 2. The van der Waals surface area contributed by atoms with Crippen molar-refractivity contribution in [2.24, 2.45) is 0 Å². The first-order chi connectivity index (χ1) is 8.58. The number of aryl methyl sites for hydroxylation is 1. The second-order valence-corrected chi connectivity index (χ2v) is 5.93. The zero-order valence-corrected chi connectivity index (χ0v) is 11.6. The number of benzene rings is 2. The summed E-state index contributed by atoms with van der Waals surface area (Å²) in [5, 5.41) is 0.603. The Morgan fingerprint density at radius 2 is 1.94 bits per heavy atom. The fraction of sp³-hybridized carbons (Fsp3) is 0.143. The van der Waals surface area contributed by atoms with Crippen LogP contribution in [0.5, 0.6) is 0 Å². The van der Waals surface area contributed by atoms with Crippen LogP contribution in [0.25, 0.3) is 0 Å². The highest BCUT2D eigenvalue weighted by molar-refractivity contribution is 7.84. The third kappa shape index (κ3) is 2.92. The minimum atomic E-state index is -1.10. The lowest BCUT2D eigenvalue weighted by atomic mass is 10.2. The quantitative estimate of drug-likeness (QED) is 0.874. The number of halogens is 1. The van der Waals surface area contributed by atoms with Crippen LogP contribution in [0, 0.1) is 6.92 Å². The Morgan fingerprint density at radius 1 is 1.22 bits per heavy atom. The van der Waals surface area contributed by atoms with E-state index in [-0.39, 0.29) is 0 Å². The molecule has 2 rings (SSSR count). The van der Waals surface area contributed by atoms with E-state index in [1.54, 1.807) is 18.2 Å². The van der Waals surface area contributed by atoms with Crippen LogP contribution in [0.4, 0.5) is 5.69 Å². The van der Waals surface area contributed by atoms with E-state index in [4.69, 9.17) is 17.3 Å². The molecule has 0 amide bonds. The van der Waals surface area contributed by atoms with Crippen molar-refractivity contribution < 1.29 is 4.21 Å². The maximum absolute atomic E-state index is 12.3. The van der Waals surface area contributed by atoms with Crippen LogP contribution in [0.2, 0.25) is 5.02 Å². The molecule has 2 N–H and O–H groups in total. The van der Waals surface area contributed by atoms with Gasteiger partial charge in [-0.1, -0.05) is 29.8 Å². The summed E-state index contributed by atoms with van der Waals surface area (Å²) < 4.78 is 12.3. The Morgan fingerprint density at radius 3 is 2.67 bits per heavy atom. The Balaban J connectivity index is 2.27. The molecule has 0 heterocycles. The molecule has 0 aromatic heterocycles. The lowest BCUT2D eigenvalue weighted by molar-refractivity contribution is 0.682. The summed E-state index contributed by atoms with van der Waals surface area (Å²) >= 11 is 6.08. The maximum Gasteiger partial charge on any atom is 0.0577 e. The zero-order chi connectivity index (χ0) is 13.1. The van der Waals surface area contributed by atoms with E-state index in [0.717, 1.165) is 16.0 Å². The molecule has 94 valence electrons. The predicted molar refractivity (Wildman–Crippen MR) is 77.2 cm³/mol. The van der Waals surface area contributed by atoms with E-state index < -0.39 is 10.8 Å². The minimum Gasteiger partial charge on any atom is -0.399 e. The van der Waals surface area contributed by atoms with Gasteiger partial charge in [0.15, 0.2) is 0 Å². The highest BCUT2D eigenvalue weighted by Gasteiger charge is 2.10. The van der Waals surface area contributed by atoms with Crippen molar-refractivity contribution in [3.8, 4) is 0 Å². The van der Waals surface area contributed by atoms with Crippen molar-refractivity contribution >= 4 is 28.1 Å². The van der Waals surface area contributed by atoms with Crippen molar-refractivity contribution in [2.75, 3.05) is 5.73 Å². The van der Waals surface area contributed by atoms with Gasteiger partial charge in [0.05, 0.1) is 16.6 Å². The van der Waals surface area contributed by atoms with E-state index in [1.807, 2.05) is 31.2 Å². The Bertz CT molecular complexity index is 598. The first-order valence-electron chi connectivity index (χ1n) is 5.56. The molecular weight excluding hydrogens is 266 g/mol. The van der Waals surface area contributed by atoms with Crippen LogP contribution in [-0.4, -0.2) is 4.21 Å². The molecule has 0 fully saturated rings. The normalized spacial score (nSPS) is 12.3. The van der Waals surface area contributed by atoms with Crippen molar-refractivity contribution in [2.45, 2.75) is 17.6 Å². The first-order valence-corrected chi connectivity index (χ1v) is 7.25. The third-order valence-corrected chi connectivity index (χ3v) is 4.59. The SMILES string of the molecule is Cc1ccccc1S(=O)Cc1cc(N)ccc1Cl. The number of nitrogens with two attached hydrogens (primary N) is 1. The van der Waals surface area contributed by atoms with Gasteiger partial charge in [0.2, 0.25) is 0 Å². The summed E-state index contributed by atoms with van der Waals surface area (Å²) in [7, 11) is -1.10. The van der Waals surface area contributed by atoms with Crippen LogP contribution >= 0.6 is 11.6 Å². The van der Waals surface area contributed by atoms with Crippen molar-refractivity contribution in [1.82, 2.24) is 0 Å². The summed E-state index contributed by atoms with van der Waals surface area (Å²) in [5.74, 6) is 0.384. The molecule has 4 heteroatoms. The Hall–Kier alpha value is -1.32. The maximum atomic E-state index is 12.3. The Labute approximate surface area is 114 Å². The molecule has 0 bridgehead atoms. The van der Waals surface area contributed by atoms with Gasteiger partial charge in [-0.2, -0.15) is 0 Å². The highest BCUT2D eigenvalue weighted by Crippen LogP contribution is 2.23. The molecule has 1 atom stereocenters. The standard InChI is InChI=1S/C14H14ClNOS/c1-10-4-2-3-5-14(10)18(17)9-11-8-12(16)6-7-13(11)15/h2-8H,9,16H2,1H3. The van der Waals surface area contributed by atoms with E-state index in [0.29, 0.717) is 16.5 Å². The van der Waals surface area contributed by atoms with Gasteiger partial charge in [0.1, 0.15) is 0 Å². The molecule has 0 aliphatic carbocycles. The first kappa shape index (κ1) is 13.1. The van der Waals surface area contributed by atoms with Crippen molar-refractivity contribution in [3.05, 3.63) is 58.6 Å². The summed E-state index contributed by atoms with van der Waals surface area (Å²) in [5.41, 5.74) is 8.19. The van der Waals surface area contributed by atoms with Gasteiger partial charge in [-0.05, 0) is 42.3 Å². The summed E-state index contributed by atoms with van der Waals surface area (Å²) in [6.45, 7) is 1.95. The monoisotopic (exact) mass is 279 g/mol. The van der Waals surface area contributed by atoms with Crippen molar-refractivity contribution in [1.29, 1.82) is 0 Å². The fourth-order valence-corrected chi connectivity index (χ4v) is 3.33. The van der Waals surface area contributed by atoms with Gasteiger partial charge >= 0.3 is 0 Å². The second kappa shape index (κ2) is 5.55. The van der Waals surface area contributed by atoms with E-state index >= 15 is 0 Å². The largest absolute Gasteiger partial charge is 0.399 e. The lowest BCUT2D eigenvalue weighted by Crippen LogP contribution is -2.00. The molecule has 0 aliphatic rings. The van der Waals surface area contributed by atoms with Gasteiger partial charge < -0.3 is 5.73 Å². The second-order valence-electron chi connectivity index (χ2n) is 4.11. The molecule has 18 heavy (non-hydrogen) atoms.